The van der Waals surface area contributed by atoms with Crippen LogP contribution in [0.5, 0.6) is 0 Å². The van der Waals surface area contributed by atoms with Crippen LogP contribution < -0.4 is 0 Å². The Kier molecular flexibility index (Phi) is 14.3. The van der Waals surface area contributed by atoms with Crippen LogP contribution in [0, 0.1) is 0 Å². The molecular formula is C19H28ClNO4. The summed E-state index contributed by atoms with van der Waals surface area (Å²) in [5.74, 6) is -1.87. The fourth-order valence-corrected chi connectivity index (χ4v) is 1.44. The summed E-state index contributed by atoms with van der Waals surface area (Å²) in [7, 11) is 4.13. The molecule has 0 saturated heterocycles. The van der Waals surface area contributed by atoms with Crippen molar-refractivity contribution in [3.8, 4) is 0 Å². The Morgan fingerprint density at radius 2 is 1.40 bits per heavy atom. The smallest absolute Gasteiger partial charge is 0.330 e. The highest BCUT2D eigenvalue weighted by atomic mass is 35.5. The first-order chi connectivity index (χ1) is 11.5. The molecule has 1 aromatic rings. The van der Waals surface area contributed by atoms with E-state index in [0.29, 0.717) is 0 Å². The van der Waals surface area contributed by atoms with E-state index in [4.69, 9.17) is 21.8 Å². The number of carbonyl (C=O) groups is 2. The topological polar surface area (TPSA) is 77.8 Å². The maximum atomic E-state index is 9.60. The van der Waals surface area contributed by atoms with Crippen molar-refractivity contribution < 1.29 is 19.8 Å². The third kappa shape index (κ3) is 16.5. The normalized spacial score (nSPS) is 10.5. The molecule has 0 amide bonds. The molecule has 0 saturated carbocycles. The van der Waals surface area contributed by atoms with Crippen LogP contribution in [0.3, 0.4) is 0 Å². The quantitative estimate of drug-likeness (QED) is 0.580. The first kappa shape index (κ1) is 25.1. The Morgan fingerprint density at radius 1 is 1.04 bits per heavy atom. The monoisotopic (exact) mass is 369 g/mol. The molecule has 0 radical (unpaired) electrons. The first-order valence-corrected chi connectivity index (χ1v) is 8.04. The standard InChI is InChI=1S/C11H16ClN.2C4H6O2/c1-13(2)9-8-11(12)10-6-4-3-5-7-10;2*1-3(2)4(5)6/h3-7,11H,8-9H2,1-2H3;2*1H2,2H3,(H,5,6). The number of rotatable bonds is 6. The highest BCUT2D eigenvalue weighted by molar-refractivity contribution is 6.20. The summed E-state index contributed by atoms with van der Waals surface area (Å²) in [5, 5.41) is 15.9. The summed E-state index contributed by atoms with van der Waals surface area (Å²) in [4.78, 5) is 21.4. The molecule has 0 spiro atoms. The number of carboxylic acid groups (broad SMARTS) is 2. The van der Waals surface area contributed by atoms with Gasteiger partial charge in [0, 0.05) is 11.1 Å². The lowest BCUT2D eigenvalue weighted by molar-refractivity contribution is -0.133. The maximum Gasteiger partial charge on any atom is 0.330 e. The number of hydrogen-bond donors (Lipinski definition) is 2. The number of benzene rings is 1. The van der Waals surface area contributed by atoms with Crippen molar-refractivity contribution in [3.63, 3.8) is 0 Å². The summed E-state index contributed by atoms with van der Waals surface area (Å²) in [6, 6.07) is 10.2. The molecule has 1 unspecified atom stereocenters. The molecule has 25 heavy (non-hydrogen) atoms. The van der Waals surface area contributed by atoms with Gasteiger partial charge in [0.25, 0.3) is 0 Å². The zero-order chi connectivity index (χ0) is 20.0. The molecule has 1 atom stereocenters. The molecule has 0 bridgehead atoms. The van der Waals surface area contributed by atoms with Gasteiger partial charge in [0.15, 0.2) is 0 Å². The van der Waals surface area contributed by atoms with Gasteiger partial charge in [0.2, 0.25) is 0 Å². The van der Waals surface area contributed by atoms with Gasteiger partial charge in [-0.1, -0.05) is 43.5 Å². The van der Waals surface area contributed by atoms with Crippen LogP contribution in [-0.4, -0.2) is 47.7 Å². The molecule has 1 rings (SSSR count). The number of nitrogens with zero attached hydrogens (tertiary/aromatic N) is 1. The number of carboxylic acids is 2. The van der Waals surface area contributed by atoms with Gasteiger partial charge in [-0.25, -0.2) is 9.59 Å². The molecule has 0 aliphatic carbocycles. The van der Waals surface area contributed by atoms with Gasteiger partial charge < -0.3 is 15.1 Å². The van der Waals surface area contributed by atoms with Gasteiger partial charge >= 0.3 is 11.9 Å². The molecule has 1 aromatic carbocycles. The lowest BCUT2D eigenvalue weighted by atomic mass is 10.1. The largest absolute Gasteiger partial charge is 0.478 e. The zero-order valence-corrected chi connectivity index (χ0v) is 16.1. The third-order valence-electron chi connectivity index (χ3n) is 2.72. The Labute approximate surface area is 155 Å². The van der Waals surface area contributed by atoms with Crippen molar-refractivity contribution in [1.82, 2.24) is 4.90 Å². The summed E-state index contributed by atoms with van der Waals surface area (Å²) in [5.41, 5.74) is 1.57. The van der Waals surface area contributed by atoms with Crippen LogP contribution >= 0.6 is 11.6 Å². The number of halogens is 1. The molecule has 140 valence electrons. The van der Waals surface area contributed by atoms with Crippen LogP contribution in [-0.2, 0) is 9.59 Å². The van der Waals surface area contributed by atoms with Gasteiger partial charge in [-0.15, -0.1) is 11.6 Å². The molecule has 5 nitrogen and oxygen atoms in total. The molecule has 2 N–H and O–H groups in total. The maximum absolute atomic E-state index is 9.60. The zero-order valence-electron chi connectivity index (χ0n) is 15.3. The molecule has 6 heteroatoms. The van der Waals surface area contributed by atoms with Crippen molar-refractivity contribution in [2.45, 2.75) is 25.6 Å². The van der Waals surface area contributed by atoms with Crippen molar-refractivity contribution in [2.75, 3.05) is 20.6 Å². The van der Waals surface area contributed by atoms with Crippen LogP contribution in [0.2, 0.25) is 0 Å². The molecule has 0 fully saturated rings. The van der Waals surface area contributed by atoms with Gasteiger partial charge in [0.05, 0.1) is 5.38 Å². The molecule has 0 aliphatic heterocycles. The molecule has 0 aliphatic rings. The van der Waals surface area contributed by atoms with Crippen molar-refractivity contribution in [2.24, 2.45) is 0 Å². The Hall–Kier alpha value is -2.11. The lowest BCUT2D eigenvalue weighted by Gasteiger charge is -2.13. The van der Waals surface area contributed by atoms with E-state index in [1.54, 1.807) is 0 Å². The van der Waals surface area contributed by atoms with Crippen molar-refractivity contribution in [3.05, 3.63) is 60.2 Å². The van der Waals surface area contributed by atoms with E-state index in [1.165, 1.54) is 19.4 Å². The number of alkyl halides is 1. The molecular weight excluding hydrogens is 342 g/mol. The van der Waals surface area contributed by atoms with E-state index in [0.717, 1.165) is 13.0 Å². The van der Waals surface area contributed by atoms with Crippen LogP contribution in [0.4, 0.5) is 0 Å². The second-order valence-electron chi connectivity index (χ2n) is 5.64. The first-order valence-electron chi connectivity index (χ1n) is 7.60. The predicted molar refractivity (Wildman–Crippen MR) is 103 cm³/mol. The average Bonchev–Trinajstić information content (AvgIpc) is 2.54. The minimum atomic E-state index is -0.935. The van der Waals surface area contributed by atoms with Crippen LogP contribution in [0.15, 0.2) is 54.6 Å². The minimum absolute atomic E-state index is 0.142. The fraction of sp³-hybridized carbons (Fsp3) is 0.368. The van der Waals surface area contributed by atoms with E-state index in [9.17, 15) is 9.59 Å². The van der Waals surface area contributed by atoms with Crippen LogP contribution in [0.25, 0.3) is 0 Å². The van der Waals surface area contributed by atoms with Gasteiger partial charge in [-0.3, -0.25) is 0 Å². The van der Waals surface area contributed by atoms with E-state index in [1.807, 2.05) is 18.2 Å². The second kappa shape index (κ2) is 14.3. The van der Waals surface area contributed by atoms with E-state index >= 15 is 0 Å². The fourth-order valence-electron chi connectivity index (χ4n) is 1.20. The highest BCUT2D eigenvalue weighted by Crippen LogP contribution is 2.23. The minimum Gasteiger partial charge on any atom is -0.478 e. The summed E-state index contributed by atoms with van der Waals surface area (Å²) in [6.07, 6.45) is 0.999. The van der Waals surface area contributed by atoms with E-state index < -0.39 is 11.9 Å². The van der Waals surface area contributed by atoms with E-state index in [-0.39, 0.29) is 16.5 Å². The van der Waals surface area contributed by atoms with E-state index in [2.05, 4.69) is 44.3 Å². The van der Waals surface area contributed by atoms with Crippen LogP contribution in [0.1, 0.15) is 31.2 Å². The lowest BCUT2D eigenvalue weighted by Crippen LogP contribution is -2.14. The second-order valence-corrected chi connectivity index (χ2v) is 6.17. The highest BCUT2D eigenvalue weighted by Gasteiger charge is 2.06. The van der Waals surface area contributed by atoms with Gasteiger partial charge in [-0.2, -0.15) is 0 Å². The Morgan fingerprint density at radius 3 is 1.68 bits per heavy atom. The van der Waals surface area contributed by atoms with Crippen molar-refractivity contribution >= 4 is 23.5 Å². The van der Waals surface area contributed by atoms with Gasteiger partial charge in [0.1, 0.15) is 0 Å². The SMILES string of the molecule is C=C(C)C(=O)O.C=C(C)C(=O)O.CN(C)CCC(Cl)c1ccccc1. The Balaban J connectivity index is 0. The number of aliphatic carboxylic acids is 2. The molecule has 0 heterocycles. The van der Waals surface area contributed by atoms with Gasteiger partial charge in [-0.05, 0) is 46.5 Å². The summed E-state index contributed by atoms with van der Waals surface area (Å²) < 4.78 is 0. The Bertz CT molecular complexity index is 508. The summed E-state index contributed by atoms with van der Waals surface area (Å²) >= 11 is 6.22. The average molecular weight is 370 g/mol. The van der Waals surface area contributed by atoms with Crippen molar-refractivity contribution in [1.29, 1.82) is 0 Å². The summed E-state index contributed by atoms with van der Waals surface area (Å²) in [6.45, 7) is 10.2. The predicted octanol–water partition coefficient (Wildman–Crippen LogP) is 4.21. The number of hydrogen-bond acceptors (Lipinski definition) is 3. The molecule has 0 aromatic heterocycles. The third-order valence-corrected chi connectivity index (χ3v) is 3.19.